The minimum atomic E-state index is 0.0617. The molecule has 0 aromatic heterocycles. The van der Waals surface area contributed by atoms with Crippen LogP contribution in [0, 0.1) is 0 Å². The highest BCUT2D eigenvalue weighted by molar-refractivity contribution is 8.76. The molecule has 6 nitrogen and oxygen atoms in total. The van der Waals surface area contributed by atoms with Crippen molar-refractivity contribution in [2.45, 2.75) is 22.6 Å². The van der Waals surface area contributed by atoms with E-state index in [0.29, 0.717) is 37.3 Å². The van der Waals surface area contributed by atoms with Crippen molar-refractivity contribution in [3.05, 3.63) is 156 Å². The second kappa shape index (κ2) is 17.1. The summed E-state index contributed by atoms with van der Waals surface area (Å²) in [6, 6.07) is 36.5. The molecule has 2 aliphatic heterocycles. The molecule has 2 saturated heterocycles. The van der Waals surface area contributed by atoms with Crippen LogP contribution in [0.2, 0.25) is 0 Å². The van der Waals surface area contributed by atoms with Gasteiger partial charge in [-0.2, -0.15) is 0 Å². The molecule has 0 unspecified atom stereocenters. The predicted molar refractivity (Wildman–Crippen MR) is 198 cm³/mol. The Morgan fingerprint density at radius 2 is 0.833 bits per heavy atom. The summed E-state index contributed by atoms with van der Waals surface area (Å²) in [5.41, 5.74) is 4.01. The molecular formula is C40H42N4O2S2. The fourth-order valence-electron chi connectivity index (χ4n) is 5.91. The molecule has 246 valence electrons. The molecule has 2 aliphatic rings. The first kappa shape index (κ1) is 33.5. The first-order chi connectivity index (χ1) is 23.6. The molecule has 2 heterocycles. The second-order valence-corrected chi connectivity index (χ2v) is 14.2. The topological polar surface area (TPSA) is 47.1 Å². The summed E-state index contributed by atoms with van der Waals surface area (Å²) in [4.78, 5) is 37.7. The minimum absolute atomic E-state index is 0.0617. The van der Waals surface area contributed by atoms with Gasteiger partial charge in [-0.3, -0.25) is 9.59 Å². The quantitative estimate of drug-likeness (QED) is 0.154. The van der Waals surface area contributed by atoms with Crippen LogP contribution >= 0.6 is 21.6 Å². The average Bonchev–Trinajstić information content (AvgIpc) is 3.15. The van der Waals surface area contributed by atoms with Crippen molar-refractivity contribution in [3.63, 3.8) is 0 Å². The highest BCUT2D eigenvalue weighted by Crippen LogP contribution is 2.41. The maximum absolute atomic E-state index is 13.7. The Labute approximate surface area is 292 Å². The molecule has 0 atom stereocenters. The summed E-state index contributed by atoms with van der Waals surface area (Å²) < 4.78 is 0. The predicted octanol–water partition coefficient (Wildman–Crippen LogP) is 7.51. The number of hydrogen-bond acceptors (Lipinski definition) is 6. The fourth-order valence-corrected chi connectivity index (χ4v) is 8.26. The molecule has 0 N–H and O–H groups in total. The highest BCUT2D eigenvalue weighted by Gasteiger charge is 2.25. The largest absolute Gasteiger partial charge is 0.374 e. The smallest absolute Gasteiger partial charge is 0.255 e. The van der Waals surface area contributed by atoms with E-state index < -0.39 is 0 Å². The number of amides is 2. The fraction of sp³-hybridized carbons (Fsp3) is 0.250. The van der Waals surface area contributed by atoms with E-state index >= 15 is 0 Å². The number of benzene rings is 4. The lowest BCUT2D eigenvalue weighted by Crippen LogP contribution is -2.46. The normalized spacial score (nSPS) is 15.4. The zero-order valence-electron chi connectivity index (χ0n) is 27.2. The van der Waals surface area contributed by atoms with Crippen LogP contribution in [0.3, 0.4) is 0 Å². The maximum Gasteiger partial charge on any atom is 0.255 e. The Morgan fingerprint density at radius 3 is 1.23 bits per heavy atom. The van der Waals surface area contributed by atoms with Crippen LogP contribution in [-0.2, 0) is 12.8 Å². The molecule has 4 aromatic rings. The van der Waals surface area contributed by atoms with Gasteiger partial charge in [-0.25, -0.2) is 0 Å². The van der Waals surface area contributed by atoms with E-state index in [2.05, 4.69) is 82.9 Å². The van der Waals surface area contributed by atoms with Crippen LogP contribution < -0.4 is 0 Å². The summed E-state index contributed by atoms with van der Waals surface area (Å²) in [5.74, 6) is 0.123. The Kier molecular flexibility index (Phi) is 12.0. The number of hydrogen-bond donors (Lipinski definition) is 0. The Bertz CT molecular complexity index is 1570. The molecule has 2 fully saturated rings. The maximum atomic E-state index is 13.7. The third-order valence-corrected chi connectivity index (χ3v) is 11.2. The van der Waals surface area contributed by atoms with E-state index in [1.165, 1.54) is 11.1 Å². The van der Waals surface area contributed by atoms with Crippen LogP contribution in [-0.4, -0.2) is 83.8 Å². The Hall–Kier alpha value is -4.40. The van der Waals surface area contributed by atoms with E-state index in [-0.39, 0.29) is 11.8 Å². The van der Waals surface area contributed by atoms with E-state index in [4.69, 9.17) is 0 Å². The Morgan fingerprint density at radius 1 is 0.479 bits per heavy atom. The van der Waals surface area contributed by atoms with Crippen LogP contribution in [0.15, 0.2) is 144 Å². The first-order valence-electron chi connectivity index (χ1n) is 16.6. The zero-order valence-corrected chi connectivity index (χ0v) is 28.8. The summed E-state index contributed by atoms with van der Waals surface area (Å²) in [6.07, 6.45) is 10.5. The molecule has 0 spiro atoms. The van der Waals surface area contributed by atoms with Gasteiger partial charge in [0.25, 0.3) is 11.8 Å². The first-order valence-corrected chi connectivity index (χ1v) is 18.8. The van der Waals surface area contributed by atoms with Crippen LogP contribution in [0.4, 0.5) is 0 Å². The molecule has 0 saturated carbocycles. The molecule has 6 rings (SSSR count). The van der Waals surface area contributed by atoms with E-state index in [9.17, 15) is 9.59 Å². The summed E-state index contributed by atoms with van der Waals surface area (Å²) in [6.45, 7) is 6.01. The number of nitrogens with zero attached hydrogens (tertiary/aromatic N) is 4. The van der Waals surface area contributed by atoms with Crippen molar-refractivity contribution in [3.8, 4) is 0 Å². The standard InChI is InChI=1S/C40H42N4O2S2/c45-39(43-29-25-41(26-30-43)23-11-17-33-13-3-1-4-14-33)35-19-7-9-21-37(35)47-48-38-22-10-8-20-36(38)40(46)44-31-27-42(28-32-44)24-12-18-34-15-5-2-6-16-34/h1-16,19-24H,17-18,25-32H2. The van der Waals surface area contributed by atoms with Gasteiger partial charge in [0.2, 0.25) is 0 Å². The zero-order chi connectivity index (χ0) is 33.0. The van der Waals surface area contributed by atoms with Crippen molar-refractivity contribution in [1.29, 1.82) is 0 Å². The van der Waals surface area contributed by atoms with Gasteiger partial charge >= 0.3 is 0 Å². The van der Waals surface area contributed by atoms with Crippen molar-refractivity contribution in [1.82, 2.24) is 19.6 Å². The minimum Gasteiger partial charge on any atom is -0.374 e. The number of piperazine rings is 2. The molecular weight excluding hydrogens is 633 g/mol. The molecule has 8 heteroatoms. The van der Waals surface area contributed by atoms with E-state index in [1.807, 2.05) is 70.5 Å². The van der Waals surface area contributed by atoms with Gasteiger partial charge in [-0.1, -0.05) is 119 Å². The van der Waals surface area contributed by atoms with Crippen molar-refractivity contribution < 1.29 is 9.59 Å². The lowest BCUT2D eigenvalue weighted by molar-refractivity contribution is 0.0669. The average molecular weight is 675 g/mol. The summed E-state index contributed by atoms with van der Waals surface area (Å²) in [7, 11) is 3.09. The summed E-state index contributed by atoms with van der Waals surface area (Å²) in [5, 5.41) is 0. The molecule has 4 aromatic carbocycles. The molecule has 2 amide bonds. The number of carbonyl (C=O) groups excluding carboxylic acids is 2. The van der Waals surface area contributed by atoms with Crippen LogP contribution in [0.25, 0.3) is 0 Å². The SMILES string of the molecule is O=C(c1ccccc1SSc1ccccc1C(=O)N1CCN(C=CCc2ccccc2)CC1)N1CCN(C=CCc2ccccc2)CC1. The van der Waals surface area contributed by atoms with Gasteiger partial charge in [0.15, 0.2) is 0 Å². The van der Waals surface area contributed by atoms with Crippen molar-refractivity contribution in [2.75, 3.05) is 52.4 Å². The number of carbonyl (C=O) groups is 2. The van der Waals surface area contributed by atoms with Gasteiger partial charge in [0.1, 0.15) is 0 Å². The van der Waals surface area contributed by atoms with Gasteiger partial charge in [-0.15, -0.1) is 0 Å². The molecule has 0 radical (unpaired) electrons. The van der Waals surface area contributed by atoms with Gasteiger partial charge in [0.05, 0.1) is 11.1 Å². The van der Waals surface area contributed by atoms with E-state index in [1.54, 1.807) is 21.6 Å². The Balaban J connectivity index is 1.01. The van der Waals surface area contributed by atoms with Gasteiger partial charge < -0.3 is 19.6 Å². The van der Waals surface area contributed by atoms with Crippen LogP contribution in [0.5, 0.6) is 0 Å². The monoisotopic (exact) mass is 674 g/mol. The molecule has 0 bridgehead atoms. The lowest BCUT2D eigenvalue weighted by atomic mass is 10.1. The van der Waals surface area contributed by atoms with Gasteiger partial charge in [-0.05, 0) is 60.6 Å². The number of rotatable bonds is 11. The highest BCUT2D eigenvalue weighted by atomic mass is 33.1. The third kappa shape index (κ3) is 9.14. The number of allylic oxidation sites excluding steroid dienone is 2. The summed E-state index contributed by atoms with van der Waals surface area (Å²) >= 11 is 0. The lowest BCUT2D eigenvalue weighted by Gasteiger charge is -2.34. The van der Waals surface area contributed by atoms with Crippen molar-refractivity contribution >= 4 is 33.4 Å². The van der Waals surface area contributed by atoms with Gasteiger partial charge in [0, 0.05) is 62.1 Å². The third-order valence-electron chi connectivity index (χ3n) is 8.68. The van der Waals surface area contributed by atoms with Crippen molar-refractivity contribution in [2.24, 2.45) is 0 Å². The van der Waals surface area contributed by atoms with Crippen LogP contribution in [0.1, 0.15) is 31.8 Å². The second-order valence-electron chi connectivity index (χ2n) is 12.0. The molecule has 48 heavy (non-hydrogen) atoms. The van der Waals surface area contributed by atoms with E-state index in [0.717, 1.165) is 48.8 Å². The molecule has 0 aliphatic carbocycles.